The molecule has 0 bridgehead atoms. The standard InChI is InChI=1S/C16H15FN2O/c17-14-3-1-11(2-4-14)16(12-5-7-18-8-6-12)13-9-15(20)19-10-13/h1-8,13,16H,9-10H2,(H,19,20). The van der Waals surface area contributed by atoms with E-state index in [2.05, 4.69) is 10.3 Å². The lowest BCUT2D eigenvalue weighted by atomic mass is 9.80. The Labute approximate surface area is 116 Å². The molecule has 1 fully saturated rings. The van der Waals surface area contributed by atoms with Crippen molar-refractivity contribution in [3.8, 4) is 0 Å². The van der Waals surface area contributed by atoms with Gasteiger partial charge in [-0.1, -0.05) is 12.1 Å². The van der Waals surface area contributed by atoms with Crippen LogP contribution in [-0.2, 0) is 4.79 Å². The van der Waals surface area contributed by atoms with E-state index in [1.807, 2.05) is 12.1 Å². The highest BCUT2D eigenvalue weighted by atomic mass is 19.1. The first-order valence-electron chi connectivity index (χ1n) is 6.66. The lowest BCUT2D eigenvalue weighted by Gasteiger charge is -2.23. The lowest BCUT2D eigenvalue weighted by Crippen LogP contribution is -2.18. The monoisotopic (exact) mass is 270 g/mol. The van der Waals surface area contributed by atoms with Crippen LogP contribution in [0.15, 0.2) is 48.8 Å². The number of nitrogens with one attached hydrogen (secondary N) is 1. The summed E-state index contributed by atoms with van der Waals surface area (Å²) in [6.45, 7) is 0.656. The molecule has 0 saturated carbocycles. The van der Waals surface area contributed by atoms with E-state index in [1.165, 1.54) is 12.1 Å². The first kappa shape index (κ1) is 12.8. The lowest BCUT2D eigenvalue weighted by molar-refractivity contribution is -0.119. The summed E-state index contributed by atoms with van der Waals surface area (Å²) in [5, 5.41) is 2.87. The fraction of sp³-hybridized carbons (Fsp3) is 0.250. The maximum Gasteiger partial charge on any atom is 0.220 e. The number of rotatable bonds is 3. The van der Waals surface area contributed by atoms with Gasteiger partial charge in [-0.2, -0.15) is 0 Å². The molecule has 1 aromatic heterocycles. The van der Waals surface area contributed by atoms with E-state index in [0.717, 1.165) is 11.1 Å². The molecule has 1 saturated heterocycles. The third-order valence-corrected chi connectivity index (χ3v) is 3.77. The Morgan fingerprint density at radius 3 is 2.35 bits per heavy atom. The first-order chi connectivity index (χ1) is 9.74. The average Bonchev–Trinajstić information content (AvgIpc) is 2.89. The van der Waals surface area contributed by atoms with E-state index in [0.29, 0.717) is 13.0 Å². The molecule has 2 heterocycles. The van der Waals surface area contributed by atoms with Gasteiger partial charge in [-0.3, -0.25) is 9.78 Å². The van der Waals surface area contributed by atoms with Crippen molar-refractivity contribution in [2.75, 3.05) is 6.54 Å². The highest BCUT2D eigenvalue weighted by molar-refractivity contribution is 5.78. The van der Waals surface area contributed by atoms with Gasteiger partial charge in [0, 0.05) is 31.3 Å². The Hall–Kier alpha value is -2.23. The maximum absolute atomic E-state index is 13.1. The summed E-state index contributed by atoms with van der Waals surface area (Å²) in [5.41, 5.74) is 2.13. The van der Waals surface area contributed by atoms with Crippen molar-refractivity contribution in [2.45, 2.75) is 12.3 Å². The minimum absolute atomic E-state index is 0.0798. The minimum atomic E-state index is -0.247. The summed E-state index contributed by atoms with van der Waals surface area (Å²) in [7, 11) is 0. The molecule has 2 atom stereocenters. The van der Waals surface area contributed by atoms with Crippen molar-refractivity contribution in [3.63, 3.8) is 0 Å². The molecule has 1 N–H and O–H groups in total. The van der Waals surface area contributed by atoms with Gasteiger partial charge in [0.1, 0.15) is 5.82 Å². The predicted molar refractivity (Wildman–Crippen MR) is 73.6 cm³/mol. The number of hydrogen-bond acceptors (Lipinski definition) is 2. The van der Waals surface area contributed by atoms with Gasteiger partial charge in [0.25, 0.3) is 0 Å². The smallest absolute Gasteiger partial charge is 0.220 e. The fourth-order valence-corrected chi connectivity index (χ4v) is 2.84. The number of carbonyl (C=O) groups excluding carboxylic acids is 1. The molecule has 102 valence electrons. The van der Waals surface area contributed by atoms with Gasteiger partial charge in [-0.25, -0.2) is 4.39 Å². The first-order valence-corrected chi connectivity index (χ1v) is 6.66. The van der Waals surface area contributed by atoms with E-state index >= 15 is 0 Å². The Kier molecular flexibility index (Phi) is 3.46. The van der Waals surface area contributed by atoms with Crippen LogP contribution in [0.5, 0.6) is 0 Å². The Bertz CT molecular complexity index is 598. The Balaban J connectivity index is 1.99. The van der Waals surface area contributed by atoms with Crippen LogP contribution in [0.2, 0.25) is 0 Å². The van der Waals surface area contributed by atoms with Gasteiger partial charge in [-0.15, -0.1) is 0 Å². The second-order valence-electron chi connectivity index (χ2n) is 5.08. The molecule has 4 heteroatoms. The van der Waals surface area contributed by atoms with Gasteiger partial charge < -0.3 is 5.32 Å². The van der Waals surface area contributed by atoms with Crippen LogP contribution in [0, 0.1) is 11.7 Å². The van der Waals surface area contributed by atoms with Gasteiger partial charge >= 0.3 is 0 Å². The molecule has 0 spiro atoms. The van der Waals surface area contributed by atoms with Gasteiger partial charge in [0.2, 0.25) is 5.91 Å². The molecule has 20 heavy (non-hydrogen) atoms. The molecule has 0 aliphatic carbocycles. The van der Waals surface area contributed by atoms with Crippen LogP contribution in [0.1, 0.15) is 23.5 Å². The summed E-state index contributed by atoms with van der Waals surface area (Å²) >= 11 is 0. The van der Waals surface area contributed by atoms with Gasteiger partial charge in [-0.05, 0) is 41.3 Å². The van der Waals surface area contributed by atoms with Crippen molar-refractivity contribution in [1.29, 1.82) is 0 Å². The molecule has 1 aromatic carbocycles. The molecular formula is C16H15FN2O. The van der Waals surface area contributed by atoms with Crippen LogP contribution in [0.3, 0.4) is 0 Å². The van der Waals surface area contributed by atoms with Crippen molar-refractivity contribution in [1.82, 2.24) is 10.3 Å². The number of pyridine rings is 1. The summed E-state index contributed by atoms with van der Waals surface area (Å²) in [4.78, 5) is 15.5. The number of nitrogens with zero attached hydrogens (tertiary/aromatic N) is 1. The SMILES string of the molecule is O=C1CC(C(c2ccncc2)c2ccc(F)cc2)CN1. The van der Waals surface area contributed by atoms with Crippen LogP contribution >= 0.6 is 0 Å². The number of aromatic nitrogens is 1. The Morgan fingerprint density at radius 2 is 1.75 bits per heavy atom. The molecule has 1 aliphatic rings. The van der Waals surface area contributed by atoms with Crippen LogP contribution in [0.4, 0.5) is 4.39 Å². The second-order valence-corrected chi connectivity index (χ2v) is 5.08. The quantitative estimate of drug-likeness (QED) is 0.931. The number of benzene rings is 1. The van der Waals surface area contributed by atoms with Crippen LogP contribution in [-0.4, -0.2) is 17.4 Å². The zero-order valence-corrected chi connectivity index (χ0v) is 10.9. The molecule has 3 rings (SSSR count). The van der Waals surface area contributed by atoms with Gasteiger partial charge in [0.05, 0.1) is 0 Å². The van der Waals surface area contributed by atoms with Crippen molar-refractivity contribution < 1.29 is 9.18 Å². The maximum atomic E-state index is 13.1. The van der Waals surface area contributed by atoms with Crippen molar-refractivity contribution in [3.05, 3.63) is 65.7 Å². The molecule has 2 aromatic rings. The van der Waals surface area contributed by atoms with Crippen LogP contribution < -0.4 is 5.32 Å². The average molecular weight is 270 g/mol. The number of amides is 1. The zero-order valence-electron chi connectivity index (χ0n) is 10.9. The summed E-state index contributed by atoms with van der Waals surface area (Å²) in [6.07, 6.45) is 4.00. The molecule has 1 aliphatic heterocycles. The highest BCUT2D eigenvalue weighted by Gasteiger charge is 2.31. The predicted octanol–water partition coefficient (Wildman–Crippen LogP) is 2.49. The topological polar surface area (TPSA) is 42.0 Å². The van der Waals surface area contributed by atoms with Crippen molar-refractivity contribution in [2.24, 2.45) is 5.92 Å². The molecule has 1 amide bonds. The molecular weight excluding hydrogens is 255 g/mol. The third kappa shape index (κ3) is 2.54. The number of hydrogen-bond donors (Lipinski definition) is 1. The molecule has 0 radical (unpaired) electrons. The molecule has 3 nitrogen and oxygen atoms in total. The number of halogens is 1. The van der Waals surface area contributed by atoms with Gasteiger partial charge in [0.15, 0.2) is 0 Å². The van der Waals surface area contributed by atoms with Crippen molar-refractivity contribution >= 4 is 5.91 Å². The largest absolute Gasteiger partial charge is 0.356 e. The van der Waals surface area contributed by atoms with E-state index in [1.54, 1.807) is 24.5 Å². The zero-order chi connectivity index (χ0) is 13.9. The third-order valence-electron chi connectivity index (χ3n) is 3.77. The van der Waals surface area contributed by atoms with E-state index in [-0.39, 0.29) is 23.6 Å². The van der Waals surface area contributed by atoms with E-state index in [4.69, 9.17) is 0 Å². The minimum Gasteiger partial charge on any atom is -0.356 e. The van der Waals surface area contributed by atoms with E-state index < -0.39 is 0 Å². The van der Waals surface area contributed by atoms with Crippen LogP contribution in [0.25, 0.3) is 0 Å². The molecule has 2 unspecified atom stereocenters. The normalized spacial score (nSPS) is 19.6. The summed E-state index contributed by atoms with van der Waals surface area (Å²) in [5.74, 6) is 0.104. The van der Waals surface area contributed by atoms with E-state index in [9.17, 15) is 9.18 Å². The number of carbonyl (C=O) groups is 1. The highest BCUT2D eigenvalue weighted by Crippen LogP contribution is 2.35. The summed E-state index contributed by atoms with van der Waals surface area (Å²) in [6, 6.07) is 10.4. The summed E-state index contributed by atoms with van der Waals surface area (Å²) < 4.78 is 13.1. The Morgan fingerprint density at radius 1 is 1.10 bits per heavy atom. The second kappa shape index (κ2) is 5.41. The fourth-order valence-electron chi connectivity index (χ4n) is 2.84.